The fraction of sp³-hybridized carbons (Fsp3) is 0. The molecule has 0 aliphatic heterocycles. The first-order valence-corrected chi connectivity index (χ1v) is 10.1. The average Bonchev–Trinajstić information content (AvgIpc) is 3.32. The maximum Gasteiger partial charge on any atom is 0.137 e. The molecule has 2 nitrogen and oxygen atoms in total. The molecular weight excluding hydrogens is 445 g/mol. The van der Waals surface area contributed by atoms with Crippen LogP contribution in [0.4, 0.5) is 0 Å². The van der Waals surface area contributed by atoms with E-state index in [9.17, 15) is 0 Å². The summed E-state index contributed by atoms with van der Waals surface area (Å²) in [5.74, 6) is 0. The zero-order valence-corrected chi connectivity index (χ0v) is 16.3. The van der Waals surface area contributed by atoms with Gasteiger partial charge in [-0.3, -0.25) is 0 Å². The van der Waals surface area contributed by atoms with Crippen LogP contribution in [0.2, 0.25) is 0 Å². The second kappa shape index (κ2) is 4.73. The smallest absolute Gasteiger partial charge is 0.137 e. The minimum Gasteiger partial charge on any atom is -0.456 e. The van der Waals surface area contributed by atoms with Crippen molar-refractivity contribution >= 4 is 82.6 Å². The van der Waals surface area contributed by atoms with Gasteiger partial charge in [0.25, 0.3) is 0 Å². The Bertz CT molecular complexity index is 1690. The summed E-state index contributed by atoms with van der Waals surface area (Å²) >= 11 is 2.39. The highest BCUT2D eigenvalue weighted by molar-refractivity contribution is 14.1. The van der Waals surface area contributed by atoms with Gasteiger partial charge in [0.2, 0.25) is 0 Å². The number of furan rings is 1. The molecule has 0 aliphatic rings. The summed E-state index contributed by atoms with van der Waals surface area (Å²) in [6.07, 6.45) is 0. The average molecular weight is 457 g/mol. The lowest BCUT2D eigenvalue weighted by Gasteiger charge is -1.99. The second-order valence-electron chi connectivity index (χ2n) is 7.16. The molecule has 0 radical (unpaired) electrons. The SMILES string of the molecule is Ic1ccc2c(c1)c1cccc3c4cc5c(cc4n2c13)oc1ccccc15. The van der Waals surface area contributed by atoms with Gasteiger partial charge >= 0.3 is 0 Å². The lowest BCUT2D eigenvalue weighted by atomic mass is 10.1. The normalized spacial score (nSPS) is 12.6. The highest BCUT2D eigenvalue weighted by Crippen LogP contribution is 2.41. The van der Waals surface area contributed by atoms with E-state index in [-0.39, 0.29) is 0 Å². The van der Waals surface area contributed by atoms with Crippen LogP contribution in [0.1, 0.15) is 0 Å². The summed E-state index contributed by atoms with van der Waals surface area (Å²) in [5.41, 5.74) is 5.67. The molecule has 4 aromatic carbocycles. The van der Waals surface area contributed by atoms with Crippen LogP contribution in [0, 0.1) is 3.57 Å². The summed E-state index contributed by atoms with van der Waals surface area (Å²) in [7, 11) is 0. The van der Waals surface area contributed by atoms with E-state index in [2.05, 4.69) is 87.7 Å². The molecule has 3 heteroatoms. The van der Waals surface area contributed by atoms with Crippen molar-refractivity contribution in [3.63, 3.8) is 0 Å². The molecule has 27 heavy (non-hydrogen) atoms. The van der Waals surface area contributed by atoms with Crippen molar-refractivity contribution in [3.8, 4) is 0 Å². The number of fused-ring (bicyclic) bond motifs is 9. The number of nitrogens with zero attached hydrogens (tertiary/aromatic N) is 1. The summed E-state index contributed by atoms with van der Waals surface area (Å²) in [6.45, 7) is 0. The Morgan fingerprint density at radius 2 is 1.37 bits per heavy atom. The van der Waals surface area contributed by atoms with Gasteiger partial charge in [-0.15, -0.1) is 0 Å². The molecule has 0 bridgehead atoms. The van der Waals surface area contributed by atoms with Crippen LogP contribution in [0.3, 0.4) is 0 Å². The Hall–Kier alpha value is -2.79. The standard InChI is InChI=1S/C24H12INO/c25-13-8-9-20-17(10-13)15-5-3-6-16-18-11-19-14-4-1-2-7-22(14)27-23(19)12-21(18)26(20)24(15)16/h1-12H. The Kier molecular flexibility index (Phi) is 2.50. The number of halogens is 1. The predicted molar refractivity (Wildman–Crippen MR) is 121 cm³/mol. The fourth-order valence-electron chi connectivity index (χ4n) is 4.67. The number of hydrogen-bond donors (Lipinski definition) is 0. The highest BCUT2D eigenvalue weighted by Gasteiger charge is 2.19. The van der Waals surface area contributed by atoms with Gasteiger partial charge in [0, 0.05) is 42.0 Å². The van der Waals surface area contributed by atoms with Crippen molar-refractivity contribution in [2.24, 2.45) is 0 Å². The minimum atomic E-state index is 0.946. The molecule has 3 aromatic heterocycles. The molecule has 0 spiro atoms. The Balaban J connectivity index is 1.81. The lowest BCUT2D eigenvalue weighted by Crippen LogP contribution is -1.80. The maximum absolute atomic E-state index is 6.17. The summed E-state index contributed by atoms with van der Waals surface area (Å²) in [4.78, 5) is 0. The molecule has 7 rings (SSSR count). The Labute approximate surface area is 167 Å². The van der Waals surface area contributed by atoms with E-state index in [1.807, 2.05) is 12.1 Å². The minimum absolute atomic E-state index is 0.946. The van der Waals surface area contributed by atoms with E-state index < -0.39 is 0 Å². The molecular formula is C24H12INO. The van der Waals surface area contributed by atoms with Gasteiger partial charge in [0.15, 0.2) is 0 Å². The molecule has 0 atom stereocenters. The van der Waals surface area contributed by atoms with Crippen LogP contribution < -0.4 is 0 Å². The molecule has 3 heterocycles. The van der Waals surface area contributed by atoms with Crippen LogP contribution >= 0.6 is 22.6 Å². The molecule has 0 saturated heterocycles. The molecule has 126 valence electrons. The van der Waals surface area contributed by atoms with E-state index >= 15 is 0 Å². The maximum atomic E-state index is 6.17. The molecule has 0 saturated carbocycles. The lowest BCUT2D eigenvalue weighted by molar-refractivity contribution is 0.669. The van der Waals surface area contributed by atoms with Gasteiger partial charge < -0.3 is 8.82 Å². The quantitative estimate of drug-likeness (QED) is 0.218. The van der Waals surface area contributed by atoms with Gasteiger partial charge in [-0.1, -0.05) is 36.4 Å². The van der Waals surface area contributed by atoms with Gasteiger partial charge in [-0.05, 0) is 52.9 Å². The molecule has 7 aromatic rings. The van der Waals surface area contributed by atoms with E-state index in [1.165, 1.54) is 52.4 Å². The molecule has 0 amide bonds. The number of hydrogen-bond acceptors (Lipinski definition) is 1. The Morgan fingerprint density at radius 3 is 2.26 bits per heavy atom. The van der Waals surface area contributed by atoms with Crippen molar-refractivity contribution in [1.29, 1.82) is 0 Å². The third-order valence-corrected chi connectivity index (χ3v) is 6.45. The van der Waals surface area contributed by atoms with Crippen LogP contribution in [0.25, 0.3) is 60.0 Å². The molecule has 0 aliphatic carbocycles. The summed E-state index contributed by atoms with van der Waals surface area (Å²) in [5, 5.41) is 7.59. The van der Waals surface area contributed by atoms with Crippen LogP contribution in [0.15, 0.2) is 77.2 Å². The van der Waals surface area contributed by atoms with Crippen LogP contribution in [0.5, 0.6) is 0 Å². The van der Waals surface area contributed by atoms with Crippen molar-refractivity contribution < 1.29 is 4.42 Å². The highest BCUT2D eigenvalue weighted by atomic mass is 127. The molecule has 0 unspecified atom stereocenters. The van der Waals surface area contributed by atoms with Gasteiger partial charge in [-0.25, -0.2) is 0 Å². The number of para-hydroxylation sites is 2. The van der Waals surface area contributed by atoms with Crippen molar-refractivity contribution in [2.45, 2.75) is 0 Å². The number of benzene rings is 4. The topological polar surface area (TPSA) is 17.6 Å². The zero-order valence-electron chi connectivity index (χ0n) is 14.2. The third kappa shape index (κ3) is 1.66. The van der Waals surface area contributed by atoms with Crippen LogP contribution in [-0.2, 0) is 0 Å². The van der Waals surface area contributed by atoms with Crippen LogP contribution in [-0.4, -0.2) is 4.40 Å². The van der Waals surface area contributed by atoms with Crippen molar-refractivity contribution in [2.75, 3.05) is 0 Å². The first kappa shape index (κ1) is 14.3. The second-order valence-corrected chi connectivity index (χ2v) is 8.41. The first-order valence-electron chi connectivity index (χ1n) is 8.98. The van der Waals surface area contributed by atoms with E-state index in [0.29, 0.717) is 0 Å². The molecule has 0 fully saturated rings. The van der Waals surface area contributed by atoms with Gasteiger partial charge in [-0.2, -0.15) is 0 Å². The van der Waals surface area contributed by atoms with Gasteiger partial charge in [0.05, 0.1) is 16.6 Å². The number of rotatable bonds is 0. The fourth-order valence-corrected chi connectivity index (χ4v) is 5.16. The predicted octanol–water partition coefficient (Wildman–Crippen LogP) is 7.34. The van der Waals surface area contributed by atoms with Crippen molar-refractivity contribution in [3.05, 3.63) is 76.4 Å². The zero-order chi connectivity index (χ0) is 17.7. The summed E-state index contributed by atoms with van der Waals surface area (Å²) in [6, 6.07) is 26.1. The molecule has 0 N–H and O–H groups in total. The Morgan fingerprint density at radius 1 is 0.593 bits per heavy atom. The van der Waals surface area contributed by atoms with E-state index in [0.717, 1.165) is 11.2 Å². The third-order valence-electron chi connectivity index (χ3n) is 5.78. The largest absolute Gasteiger partial charge is 0.456 e. The summed E-state index contributed by atoms with van der Waals surface area (Å²) < 4.78 is 9.83. The monoisotopic (exact) mass is 457 g/mol. The van der Waals surface area contributed by atoms with E-state index in [1.54, 1.807) is 0 Å². The number of aromatic nitrogens is 1. The van der Waals surface area contributed by atoms with Gasteiger partial charge in [0.1, 0.15) is 11.2 Å². The van der Waals surface area contributed by atoms with E-state index in [4.69, 9.17) is 4.42 Å². The first-order chi connectivity index (χ1) is 13.3. The van der Waals surface area contributed by atoms with Crippen molar-refractivity contribution in [1.82, 2.24) is 4.40 Å².